The van der Waals surface area contributed by atoms with Crippen LogP contribution in [0.2, 0.25) is 5.02 Å². The number of rotatable bonds is 3. The number of thiophene rings is 1. The lowest BCUT2D eigenvalue weighted by atomic mass is 10.2. The third-order valence-corrected chi connectivity index (χ3v) is 4.66. The molecule has 0 unspecified atom stereocenters. The van der Waals surface area contributed by atoms with E-state index in [2.05, 4.69) is 15.9 Å². The lowest BCUT2D eigenvalue weighted by Gasteiger charge is -2.17. The lowest BCUT2D eigenvalue weighted by Crippen LogP contribution is -2.26. The van der Waals surface area contributed by atoms with Crippen LogP contribution >= 0.6 is 38.9 Å². The van der Waals surface area contributed by atoms with Gasteiger partial charge in [-0.25, -0.2) is 0 Å². The molecule has 0 aliphatic heterocycles. The molecular formula is C13H11BrClNOS. The lowest BCUT2D eigenvalue weighted by molar-refractivity contribution is 0.0786. The molecule has 0 radical (unpaired) electrons. The van der Waals surface area contributed by atoms with Crippen molar-refractivity contribution in [1.29, 1.82) is 0 Å². The minimum absolute atomic E-state index is 0.0744. The van der Waals surface area contributed by atoms with E-state index in [-0.39, 0.29) is 5.91 Å². The van der Waals surface area contributed by atoms with Crippen molar-refractivity contribution in [2.24, 2.45) is 0 Å². The van der Waals surface area contributed by atoms with Gasteiger partial charge in [-0.15, -0.1) is 11.3 Å². The van der Waals surface area contributed by atoms with E-state index in [0.29, 0.717) is 17.1 Å². The van der Waals surface area contributed by atoms with Crippen LogP contribution in [0, 0.1) is 0 Å². The molecule has 0 aliphatic carbocycles. The van der Waals surface area contributed by atoms with E-state index in [1.54, 1.807) is 29.4 Å². The average Bonchev–Trinajstić information content (AvgIpc) is 2.84. The van der Waals surface area contributed by atoms with Crippen molar-refractivity contribution in [3.8, 4) is 0 Å². The summed E-state index contributed by atoms with van der Waals surface area (Å²) in [6, 6.07) is 9.35. The van der Waals surface area contributed by atoms with E-state index in [1.165, 1.54) is 0 Å². The molecule has 0 N–H and O–H groups in total. The normalized spacial score (nSPS) is 10.4. The van der Waals surface area contributed by atoms with E-state index >= 15 is 0 Å². The Kier molecular flexibility index (Phi) is 4.43. The van der Waals surface area contributed by atoms with E-state index in [9.17, 15) is 4.79 Å². The summed E-state index contributed by atoms with van der Waals surface area (Å²) in [5.74, 6) is -0.0744. The van der Waals surface area contributed by atoms with E-state index in [1.807, 2.05) is 29.6 Å². The number of halogens is 2. The number of hydrogen-bond acceptors (Lipinski definition) is 2. The van der Waals surface area contributed by atoms with Gasteiger partial charge < -0.3 is 4.90 Å². The van der Waals surface area contributed by atoms with Crippen molar-refractivity contribution < 1.29 is 4.79 Å². The van der Waals surface area contributed by atoms with Crippen LogP contribution in [0.3, 0.4) is 0 Å². The Hall–Kier alpha value is -0.840. The summed E-state index contributed by atoms with van der Waals surface area (Å²) < 4.78 is 0.736. The van der Waals surface area contributed by atoms with Gasteiger partial charge in [0.1, 0.15) is 0 Å². The van der Waals surface area contributed by atoms with Crippen molar-refractivity contribution >= 4 is 44.8 Å². The smallest absolute Gasteiger partial charge is 0.255 e. The highest BCUT2D eigenvalue weighted by atomic mass is 79.9. The van der Waals surface area contributed by atoms with Crippen LogP contribution in [-0.4, -0.2) is 17.9 Å². The Bertz CT molecular complexity index is 556. The minimum atomic E-state index is -0.0744. The van der Waals surface area contributed by atoms with Crippen LogP contribution in [0.5, 0.6) is 0 Å². The first-order chi connectivity index (χ1) is 8.59. The molecule has 94 valence electrons. The van der Waals surface area contributed by atoms with Gasteiger partial charge in [-0.1, -0.05) is 23.7 Å². The first-order valence-corrected chi connectivity index (χ1v) is 7.36. The molecule has 1 aromatic heterocycles. The largest absolute Gasteiger partial charge is 0.337 e. The minimum Gasteiger partial charge on any atom is -0.337 e. The summed E-state index contributed by atoms with van der Waals surface area (Å²) in [6.07, 6.45) is 0. The van der Waals surface area contributed by atoms with Gasteiger partial charge in [0.2, 0.25) is 0 Å². The van der Waals surface area contributed by atoms with E-state index in [0.717, 1.165) is 9.35 Å². The van der Waals surface area contributed by atoms with Crippen LogP contribution in [-0.2, 0) is 6.54 Å². The van der Waals surface area contributed by atoms with E-state index in [4.69, 9.17) is 11.6 Å². The summed E-state index contributed by atoms with van der Waals surface area (Å²) in [6.45, 7) is 0.597. The molecule has 0 bridgehead atoms. The van der Waals surface area contributed by atoms with Crippen LogP contribution in [0.4, 0.5) is 0 Å². The first-order valence-electron chi connectivity index (χ1n) is 5.31. The Morgan fingerprint density at radius 3 is 2.83 bits per heavy atom. The predicted molar refractivity (Wildman–Crippen MR) is 79.3 cm³/mol. The van der Waals surface area contributed by atoms with Crippen molar-refractivity contribution in [2.45, 2.75) is 6.54 Å². The Labute approximate surface area is 123 Å². The maximum atomic E-state index is 12.3. The van der Waals surface area contributed by atoms with Gasteiger partial charge in [-0.3, -0.25) is 4.79 Å². The molecule has 1 aromatic carbocycles. The number of carbonyl (C=O) groups excluding carboxylic acids is 1. The molecule has 18 heavy (non-hydrogen) atoms. The fourth-order valence-electron chi connectivity index (χ4n) is 1.58. The van der Waals surface area contributed by atoms with Gasteiger partial charge in [-0.2, -0.15) is 0 Å². The number of hydrogen-bond donors (Lipinski definition) is 0. The average molecular weight is 345 g/mol. The SMILES string of the molecule is CN(Cc1cccs1)C(=O)c1cccc(Br)c1Cl. The highest BCUT2D eigenvalue weighted by molar-refractivity contribution is 9.10. The Balaban J connectivity index is 2.18. The maximum Gasteiger partial charge on any atom is 0.255 e. The van der Waals surface area contributed by atoms with Gasteiger partial charge in [0.25, 0.3) is 5.91 Å². The molecule has 0 saturated carbocycles. The zero-order valence-electron chi connectivity index (χ0n) is 9.69. The molecule has 0 saturated heterocycles. The molecular weight excluding hydrogens is 334 g/mol. The Morgan fingerprint density at radius 1 is 1.39 bits per heavy atom. The molecule has 2 nitrogen and oxygen atoms in total. The maximum absolute atomic E-state index is 12.3. The van der Waals surface area contributed by atoms with E-state index < -0.39 is 0 Å². The highest BCUT2D eigenvalue weighted by Gasteiger charge is 2.16. The van der Waals surface area contributed by atoms with Crippen LogP contribution in [0.15, 0.2) is 40.2 Å². The number of carbonyl (C=O) groups is 1. The van der Waals surface area contributed by atoms with Gasteiger partial charge in [-0.05, 0) is 39.5 Å². The van der Waals surface area contributed by atoms with Gasteiger partial charge in [0.15, 0.2) is 0 Å². The Morgan fingerprint density at radius 2 is 2.17 bits per heavy atom. The second kappa shape index (κ2) is 5.87. The number of amides is 1. The molecule has 0 spiro atoms. The molecule has 2 rings (SSSR count). The number of benzene rings is 1. The van der Waals surface area contributed by atoms with Gasteiger partial charge in [0.05, 0.1) is 17.1 Å². The topological polar surface area (TPSA) is 20.3 Å². The molecule has 0 fully saturated rings. The van der Waals surface area contributed by atoms with Gasteiger partial charge in [0, 0.05) is 16.4 Å². The molecule has 0 atom stereocenters. The van der Waals surface area contributed by atoms with Crippen molar-refractivity contribution in [3.05, 3.63) is 55.6 Å². The van der Waals surface area contributed by atoms with Crippen molar-refractivity contribution in [2.75, 3.05) is 7.05 Å². The number of nitrogens with zero attached hydrogens (tertiary/aromatic N) is 1. The molecule has 5 heteroatoms. The van der Waals surface area contributed by atoms with Crippen LogP contribution in [0.1, 0.15) is 15.2 Å². The fraction of sp³-hybridized carbons (Fsp3) is 0.154. The van der Waals surface area contributed by atoms with Crippen LogP contribution < -0.4 is 0 Å². The zero-order chi connectivity index (χ0) is 13.1. The highest BCUT2D eigenvalue weighted by Crippen LogP contribution is 2.27. The molecule has 1 amide bonds. The van der Waals surface area contributed by atoms with Gasteiger partial charge >= 0.3 is 0 Å². The summed E-state index contributed by atoms with van der Waals surface area (Å²) in [5, 5.41) is 2.46. The summed E-state index contributed by atoms with van der Waals surface area (Å²) in [4.78, 5) is 15.1. The monoisotopic (exact) mass is 343 g/mol. The zero-order valence-corrected chi connectivity index (χ0v) is 12.8. The molecule has 2 aromatic rings. The third kappa shape index (κ3) is 2.94. The standard InChI is InChI=1S/C13H11BrClNOS/c1-16(8-9-4-3-7-18-9)13(17)10-5-2-6-11(14)12(10)15/h2-7H,8H2,1H3. The summed E-state index contributed by atoms with van der Waals surface area (Å²) in [5.41, 5.74) is 0.519. The second-order valence-corrected chi connectivity index (χ2v) is 6.11. The molecule has 1 heterocycles. The third-order valence-electron chi connectivity index (χ3n) is 2.50. The second-order valence-electron chi connectivity index (χ2n) is 3.84. The summed E-state index contributed by atoms with van der Waals surface area (Å²) >= 11 is 11.1. The van der Waals surface area contributed by atoms with Crippen molar-refractivity contribution in [1.82, 2.24) is 4.90 Å². The quantitative estimate of drug-likeness (QED) is 0.806. The predicted octanol–water partition coefficient (Wildman–Crippen LogP) is 4.44. The first kappa shape index (κ1) is 13.6. The molecule has 0 aliphatic rings. The fourth-order valence-corrected chi connectivity index (χ4v) is 2.91. The summed E-state index contributed by atoms with van der Waals surface area (Å²) in [7, 11) is 1.78. The van der Waals surface area contributed by atoms with Crippen molar-refractivity contribution in [3.63, 3.8) is 0 Å². The van der Waals surface area contributed by atoms with Crippen LogP contribution in [0.25, 0.3) is 0 Å².